The Morgan fingerprint density at radius 3 is 2.38 bits per heavy atom. The first kappa shape index (κ1) is 32.3. The fourth-order valence-corrected chi connectivity index (χ4v) is 5.19. The van der Waals surface area contributed by atoms with E-state index in [1.54, 1.807) is 12.1 Å². The average molecular weight is 596 g/mol. The summed E-state index contributed by atoms with van der Waals surface area (Å²) in [6, 6.07) is 3.73. The minimum Gasteiger partial charge on any atom is -0.496 e. The number of aliphatic hydroxyl groups excluding tert-OH is 2. The van der Waals surface area contributed by atoms with Crippen LogP contribution >= 0.6 is 15.6 Å². The van der Waals surface area contributed by atoms with Gasteiger partial charge in [0.15, 0.2) is 6.23 Å². The number of phosphoric acid groups is 2. The lowest BCUT2D eigenvalue weighted by atomic mass is 10.1. The molecule has 1 fully saturated rings. The Kier molecular flexibility index (Phi) is 11.2. The minimum absolute atomic E-state index is 0.0176. The van der Waals surface area contributed by atoms with Crippen LogP contribution in [0.15, 0.2) is 31.0 Å². The molecule has 0 bridgehead atoms. The van der Waals surface area contributed by atoms with Gasteiger partial charge in [-0.1, -0.05) is 12.6 Å². The first-order valence-corrected chi connectivity index (χ1v) is 13.9. The molecule has 5 unspecified atom stereocenters. The van der Waals surface area contributed by atoms with Crippen molar-refractivity contribution in [1.82, 2.24) is 9.80 Å². The number of ether oxygens (including phenoxy) is 2. The fourth-order valence-electron chi connectivity index (χ4n) is 3.59. The average Bonchev–Trinajstić information content (AvgIpc) is 3.11. The third kappa shape index (κ3) is 8.56. The molecule has 5 N–H and O–H groups in total. The quantitative estimate of drug-likeness (QED) is 0.164. The second-order valence-corrected chi connectivity index (χ2v) is 10.6. The molecule has 0 aromatic heterocycles. The van der Waals surface area contributed by atoms with Crippen molar-refractivity contribution in [2.75, 3.05) is 20.3 Å². The summed E-state index contributed by atoms with van der Waals surface area (Å²) in [5, 5.41) is 23.9. The van der Waals surface area contributed by atoms with E-state index in [9.17, 15) is 33.8 Å². The number of nitrogens with zero attached hydrogens (tertiary/aromatic N) is 3. The number of phosphoric ester groups is 1. The highest BCUT2D eigenvalue weighted by atomic mass is 31.3. The normalized spacial score (nSPS) is 22.3. The lowest BCUT2D eigenvalue weighted by Gasteiger charge is -2.31. The van der Waals surface area contributed by atoms with Crippen LogP contribution in [0, 0.1) is 6.57 Å². The molecule has 1 heterocycles. The number of hydrogen-bond acceptors (Lipinski definition) is 11. The molecule has 0 saturated carbocycles. The summed E-state index contributed by atoms with van der Waals surface area (Å²) >= 11 is 0. The summed E-state index contributed by atoms with van der Waals surface area (Å²) < 4.78 is 41.2. The minimum atomic E-state index is -5.41. The third-order valence-electron chi connectivity index (χ3n) is 5.30. The van der Waals surface area contributed by atoms with E-state index in [0.717, 1.165) is 18.0 Å². The van der Waals surface area contributed by atoms with Gasteiger partial charge in [-0.15, -0.1) is 4.84 Å². The maximum atomic E-state index is 13.3. The molecule has 1 aromatic rings. The Bertz CT molecular complexity index is 1200. The number of carbonyl (C=O) groups is 2. The van der Waals surface area contributed by atoms with Crippen LogP contribution in [0.25, 0.3) is 5.01 Å². The van der Waals surface area contributed by atoms with E-state index in [1.165, 1.54) is 13.2 Å². The van der Waals surface area contributed by atoms with Gasteiger partial charge in [0.25, 0.3) is 0 Å². The summed E-state index contributed by atoms with van der Waals surface area (Å²) in [6.45, 7) is 8.45. The Morgan fingerprint density at radius 2 is 1.85 bits per heavy atom. The molecule has 1 saturated heterocycles. The van der Waals surface area contributed by atoms with Crippen molar-refractivity contribution in [3.8, 4) is 18.1 Å². The molecule has 1 aromatic carbocycles. The van der Waals surface area contributed by atoms with Gasteiger partial charge < -0.3 is 34.4 Å². The molecule has 39 heavy (non-hydrogen) atoms. The molecule has 1 aliphatic heterocycles. The van der Waals surface area contributed by atoms with Crippen molar-refractivity contribution in [1.29, 1.82) is 0 Å². The maximum absolute atomic E-state index is 13.3. The lowest BCUT2D eigenvalue weighted by Crippen LogP contribution is -2.51. The Labute approximate surface area is 222 Å². The van der Waals surface area contributed by atoms with Gasteiger partial charge >= 0.3 is 28.2 Å². The Morgan fingerprint density at radius 1 is 1.21 bits per heavy atom. The van der Waals surface area contributed by atoms with Gasteiger partial charge in [-0.05, 0) is 18.6 Å². The van der Waals surface area contributed by atoms with Gasteiger partial charge in [0.2, 0.25) is 16.7 Å². The number of aliphatic hydroxyl groups is 2. The number of carbonyl (C=O) groups excluding carboxylic acids is 2. The van der Waals surface area contributed by atoms with Gasteiger partial charge in [0.05, 0.1) is 13.7 Å². The van der Waals surface area contributed by atoms with Crippen molar-refractivity contribution in [3.63, 3.8) is 0 Å². The third-order valence-corrected chi connectivity index (χ3v) is 7.45. The van der Waals surface area contributed by atoms with Crippen LogP contribution in [0.4, 0.5) is 4.79 Å². The van der Waals surface area contributed by atoms with E-state index in [1.807, 2.05) is 0 Å². The zero-order valence-electron chi connectivity index (χ0n) is 20.7. The van der Waals surface area contributed by atoms with Crippen LogP contribution in [0.3, 0.4) is 0 Å². The van der Waals surface area contributed by atoms with Crippen molar-refractivity contribution in [3.05, 3.63) is 41.5 Å². The number of hydrogen-bond donors (Lipinski definition) is 5. The molecule has 5 atom stereocenters. The highest BCUT2D eigenvalue weighted by molar-refractivity contribution is 7.60. The number of methoxy groups -OCH3 is 1. The van der Waals surface area contributed by atoms with Crippen LogP contribution in [-0.2, 0) is 33.9 Å². The first-order chi connectivity index (χ1) is 18.2. The highest BCUT2D eigenvalue weighted by Gasteiger charge is 2.48. The van der Waals surface area contributed by atoms with E-state index in [0.29, 0.717) is 16.2 Å². The topological polar surface area (TPSA) is 226 Å². The number of benzene rings is 1. The molecular weight excluding hydrogens is 568 g/mol. The van der Waals surface area contributed by atoms with E-state index in [-0.39, 0.29) is 18.7 Å². The summed E-state index contributed by atoms with van der Waals surface area (Å²) in [6.07, 6.45) is -5.91. The Balaban J connectivity index is 2.19. The van der Waals surface area contributed by atoms with E-state index < -0.39 is 58.7 Å². The largest absolute Gasteiger partial charge is 0.496 e. The van der Waals surface area contributed by atoms with E-state index in [4.69, 9.17) is 30.7 Å². The van der Waals surface area contributed by atoms with Crippen LogP contribution in [0.5, 0.6) is 11.5 Å². The predicted octanol–water partition coefficient (Wildman–Crippen LogP) is 0.581. The van der Waals surface area contributed by atoms with Crippen molar-refractivity contribution < 1.29 is 66.8 Å². The fraction of sp³-hybridized carbons (Fsp3) is 0.450. The van der Waals surface area contributed by atoms with Gasteiger partial charge in [-0.2, -0.15) is 4.31 Å². The predicted molar refractivity (Wildman–Crippen MR) is 130 cm³/mol. The van der Waals surface area contributed by atoms with Crippen LogP contribution in [0.2, 0.25) is 0 Å². The zero-order chi connectivity index (χ0) is 29.5. The molecule has 0 aliphatic carbocycles. The van der Waals surface area contributed by atoms with Gasteiger partial charge in [0, 0.05) is 25.2 Å². The summed E-state index contributed by atoms with van der Waals surface area (Å²) in [5.74, 6) is -0.147. The van der Waals surface area contributed by atoms with E-state index in [2.05, 4.69) is 20.4 Å². The number of urea groups is 1. The standard InChI is InChI=1S/C20H27N3O14P2/c1-5-22(19-18(26)17(25)16(35-19)11-34-39(31,32)37-38(28,29)30)20(27)23(12(2)24)10-9-13-14(33-4)7-6-8-15(13)36-21-3/h3,5-8,16-19,25-26H,1,9-11H2,2,4H3,(H2-,28,29,30,31,32)/p+1. The zero-order valence-corrected chi connectivity index (χ0v) is 22.5. The SMILES string of the molecule is C#[N+]Oc1cccc(OC)c1CCN(C(C)=O)C(=O)N(C=C)C1OC(COP(=O)(O)OP(=O)(O)O)C(O)C1O. The molecule has 1 aliphatic rings. The van der Waals surface area contributed by atoms with Crippen LogP contribution in [0.1, 0.15) is 12.5 Å². The van der Waals surface area contributed by atoms with Gasteiger partial charge in [-0.25, -0.2) is 13.9 Å². The van der Waals surface area contributed by atoms with Crippen molar-refractivity contribution in [2.24, 2.45) is 0 Å². The summed E-state index contributed by atoms with van der Waals surface area (Å²) in [4.78, 5) is 58.9. The van der Waals surface area contributed by atoms with Crippen molar-refractivity contribution >= 4 is 27.6 Å². The second kappa shape index (κ2) is 13.5. The van der Waals surface area contributed by atoms with E-state index >= 15 is 0 Å². The molecule has 3 amide bonds. The molecule has 19 heteroatoms. The molecule has 216 valence electrons. The first-order valence-electron chi connectivity index (χ1n) is 10.9. The molecule has 0 spiro atoms. The molecule has 2 rings (SSSR count). The smallest absolute Gasteiger partial charge is 0.481 e. The number of imide groups is 1. The monoisotopic (exact) mass is 596 g/mol. The molecular formula is C20H28N3O14P2+. The summed E-state index contributed by atoms with van der Waals surface area (Å²) in [5.41, 5.74) is 0.425. The highest BCUT2D eigenvalue weighted by Crippen LogP contribution is 2.57. The number of amides is 3. The van der Waals surface area contributed by atoms with Gasteiger partial charge in [-0.3, -0.25) is 19.1 Å². The van der Waals surface area contributed by atoms with Crippen LogP contribution < -0.4 is 9.57 Å². The molecule has 0 radical (unpaired) electrons. The maximum Gasteiger partial charge on any atom is 0.481 e. The molecule has 17 nitrogen and oxygen atoms in total. The summed E-state index contributed by atoms with van der Waals surface area (Å²) in [7, 11) is -9.30. The lowest BCUT2D eigenvalue weighted by molar-refractivity contribution is -0.127. The Hall–Kier alpha value is -2.87. The van der Waals surface area contributed by atoms with Crippen molar-refractivity contribution in [2.45, 2.75) is 37.9 Å². The van der Waals surface area contributed by atoms with Crippen LogP contribution in [-0.4, -0.2) is 91.4 Å². The number of rotatable bonds is 12. The second-order valence-electron chi connectivity index (χ2n) is 7.81. The van der Waals surface area contributed by atoms with Gasteiger partial charge in [0.1, 0.15) is 24.1 Å².